The van der Waals surface area contributed by atoms with E-state index in [0.717, 1.165) is 4.57 Å². The van der Waals surface area contributed by atoms with Crippen LogP contribution in [0.2, 0.25) is 0 Å². The van der Waals surface area contributed by atoms with Crippen LogP contribution >= 0.6 is 0 Å². The number of hydrogen-bond donors (Lipinski definition) is 1. The molecular formula is C9H12N4O3. The molecule has 2 aromatic rings. The highest BCUT2D eigenvalue weighted by Gasteiger charge is 2.14. The monoisotopic (exact) mass is 224 g/mol. The third-order valence-electron chi connectivity index (χ3n) is 2.68. The zero-order valence-corrected chi connectivity index (χ0v) is 9.27. The Morgan fingerprint density at radius 1 is 1.12 bits per heavy atom. The first kappa shape index (κ1) is 10.5. The molecule has 7 heteroatoms. The van der Waals surface area contributed by atoms with Crippen LogP contribution in [0, 0.1) is 0 Å². The molecule has 86 valence electrons. The first-order chi connectivity index (χ1) is 7.49. The quantitative estimate of drug-likeness (QED) is 0.657. The van der Waals surface area contributed by atoms with E-state index in [-0.39, 0.29) is 11.2 Å². The standard InChI is InChI=1S/C9H12N4O3/c1-4-13-6-5(10-8(13)15)7(14)12(3)9(16)11(6)2/h4H2,1-3H3,(H,10,15). The lowest BCUT2D eigenvalue weighted by Gasteiger charge is -2.05. The van der Waals surface area contributed by atoms with Gasteiger partial charge >= 0.3 is 11.4 Å². The first-order valence-electron chi connectivity index (χ1n) is 4.87. The van der Waals surface area contributed by atoms with Gasteiger partial charge < -0.3 is 0 Å². The van der Waals surface area contributed by atoms with Gasteiger partial charge in [-0.1, -0.05) is 0 Å². The molecule has 0 aliphatic rings. The molecular weight excluding hydrogens is 212 g/mol. The Kier molecular flexibility index (Phi) is 2.11. The summed E-state index contributed by atoms with van der Waals surface area (Å²) in [5.41, 5.74) is -0.811. The topological polar surface area (TPSA) is 81.8 Å². The molecule has 0 aliphatic carbocycles. The van der Waals surface area contributed by atoms with Gasteiger partial charge in [-0.15, -0.1) is 0 Å². The van der Waals surface area contributed by atoms with E-state index >= 15 is 0 Å². The Balaban J connectivity index is 3.22. The molecule has 0 atom stereocenters. The van der Waals surface area contributed by atoms with E-state index in [1.165, 1.54) is 23.2 Å². The van der Waals surface area contributed by atoms with E-state index in [2.05, 4.69) is 4.98 Å². The van der Waals surface area contributed by atoms with Crippen molar-refractivity contribution in [1.82, 2.24) is 18.7 Å². The SMILES string of the molecule is CCn1c(=O)[nH]c2c(=O)n(C)c(=O)n(C)c21. The van der Waals surface area contributed by atoms with Gasteiger partial charge in [0.25, 0.3) is 5.56 Å². The lowest BCUT2D eigenvalue weighted by Crippen LogP contribution is -2.37. The zero-order valence-electron chi connectivity index (χ0n) is 9.27. The molecule has 0 spiro atoms. The van der Waals surface area contributed by atoms with Crippen molar-refractivity contribution in [2.24, 2.45) is 14.1 Å². The van der Waals surface area contributed by atoms with Crippen LogP contribution < -0.4 is 16.9 Å². The van der Waals surface area contributed by atoms with Crippen LogP contribution in [0.25, 0.3) is 11.2 Å². The number of nitrogens with one attached hydrogen (secondary N) is 1. The number of nitrogens with zero attached hydrogens (tertiary/aromatic N) is 3. The average molecular weight is 224 g/mol. The van der Waals surface area contributed by atoms with E-state index in [1.807, 2.05) is 0 Å². The van der Waals surface area contributed by atoms with Gasteiger partial charge in [0, 0.05) is 20.6 Å². The number of H-pyrrole nitrogens is 1. The van der Waals surface area contributed by atoms with Crippen LogP contribution in [0.15, 0.2) is 14.4 Å². The summed E-state index contributed by atoms with van der Waals surface area (Å²) in [6.07, 6.45) is 0. The van der Waals surface area contributed by atoms with Crippen molar-refractivity contribution in [3.05, 3.63) is 31.3 Å². The average Bonchev–Trinajstić information content (AvgIpc) is 2.60. The van der Waals surface area contributed by atoms with E-state index in [9.17, 15) is 14.4 Å². The Bertz CT molecular complexity index is 728. The number of hydrogen-bond acceptors (Lipinski definition) is 3. The highest BCUT2D eigenvalue weighted by molar-refractivity contribution is 5.69. The highest BCUT2D eigenvalue weighted by atomic mass is 16.2. The number of aromatic nitrogens is 4. The van der Waals surface area contributed by atoms with Gasteiger partial charge in [0.2, 0.25) is 0 Å². The van der Waals surface area contributed by atoms with Crippen molar-refractivity contribution in [1.29, 1.82) is 0 Å². The largest absolute Gasteiger partial charge is 0.332 e. The Morgan fingerprint density at radius 2 is 1.75 bits per heavy atom. The number of aryl methyl sites for hydroxylation is 2. The second kappa shape index (κ2) is 3.22. The van der Waals surface area contributed by atoms with Gasteiger partial charge in [-0.2, -0.15) is 0 Å². The molecule has 2 heterocycles. The summed E-state index contributed by atoms with van der Waals surface area (Å²) in [4.78, 5) is 37.4. The van der Waals surface area contributed by atoms with Crippen molar-refractivity contribution < 1.29 is 0 Å². The van der Waals surface area contributed by atoms with Crippen LogP contribution in [0.5, 0.6) is 0 Å². The fourth-order valence-electron chi connectivity index (χ4n) is 1.82. The number of imidazole rings is 1. The van der Waals surface area contributed by atoms with E-state index in [4.69, 9.17) is 0 Å². The summed E-state index contributed by atoms with van der Waals surface area (Å²) in [6.45, 7) is 2.18. The van der Waals surface area contributed by atoms with Gasteiger partial charge in [0.1, 0.15) is 0 Å². The lowest BCUT2D eigenvalue weighted by atomic mass is 10.5. The van der Waals surface area contributed by atoms with E-state index in [0.29, 0.717) is 12.2 Å². The zero-order chi connectivity index (χ0) is 12.0. The summed E-state index contributed by atoms with van der Waals surface area (Å²) >= 11 is 0. The summed E-state index contributed by atoms with van der Waals surface area (Å²) < 4.78 is 3.62. The predicted molar refractivity (Wildman–Crippen MR) is 58.7 cm³/mol. The normalized spacial score (nSPS) is 11.2. The van der Waals surface area contributed by atoms with E-state index in [1.54, 1.807) is 6.92 Å². The maximum atomic E-state index is 11.7. The van der Waals surface area contributed by atoms with Crippen molar-refractivity contribution >= 4 is 11.2 Å². The highest BCUT2D eigenvalue weighted by Crippen LogP contribution is 2.00. The van der Waals surface area contributed by atoms with Crippen LogP contribution in [-0.2, 0) is 20.6 Å². The molecule has 0 radical (unpaired) electrons. The van der Waals surface area contributed by atoms with Crippen LogP contribution in [0.3, 0.4) is 0 Å². The van der Waals surface area contributed by atoms with Gasteiger partial charge in [0.15, 0.2) is 11.2 Å². The third-order valence-corrected chi connectivity index (χ3v) is 2.68. The van der Waals surface area contributed by atoms with Crippen molar-refractivity contribution in [3.63, 3.8) is 0 Å². The summed E-state index contributed by atoms with van der Waals surface area (Å²) in [6, 6.07) is 0. The molecule has 0 saturated carbocycles. The van der Waals surface area contributed by atoms with Gasteiger partial charge in [0.05, 0.1) is 0 Å². The Morgan fingerprint density at radius 3 is 2.31 bits per heavy atom. The van der Waals surface area contributed by atoms with Crippen LogP contribution in [0.4, 0.5) is 0 Å². The molecule has 0 unspecified atom stereocenters. The molecule has 0 aliphatic heterocycles. The second-order valence-corrected chi connectivity index (χ2v) is 3.58. The smallest absolute Gasteiger partial charge is 0.300 e. The molecule has 0 fully saturated rings. The number of aromatic amines is 1. The molecule has 0 saturated heterocycles. The molecule has 0 bridgehead atoms. The minimum atomic E-state index is -0.484. The molecule has 0 aromatic carbocycles. The molecule has 2 rings (SSSR count). The number of rotatable bonds is 1. The van der Waals surface area contributed by atoms with Crippen LogP contribution in [-0.4, -0.2) is 18.7 Å². The van der Waals surface area contributed by atoms with Gasteiger partial charge in [-0.25, -0.2) is 9.59 Å². The van der Waals surface area contributed by atoms with Gasteiger partial charge in [-0.05, 0) is 6.92 Å². The van der Waals surface area contributed by atoms with E-state index < -0.39 is 11.2 Å². The first-order valence-corrected chi connectivity index (χ1v) is 4.87. The summed E-state index contributed by atoms with van der Waals surface area (Å²) in [5.74, 6) is 0. The molecule has 7 nitrogen and oxygen atoms in total. The minimum Gasteiger partial charge on any atom is -0.300 e. The van der Waals surface area contributed by atoms with Crippen molar-refractivity contribution in [3.8, 4) is 0 Å². The lowest BCUT2D eigenvalue weighted by molar-refractivity contribution is 0.674. The Labute approximate surface area is 89.6 Å². The van der Waals surface area contributed by atoms with Crippen molar-refractivity contribution in [2.75, 3.05) is 0 Å². The maximum absolute atomic E-state index is 11.7. The Hall–Kier alpha value is -2.05. The van der Waals surface area contributed by atoms with Gasteiger partial charge in [-0.3, -0.25) is 23.5 Å². The number of fused-ring (bicyclic) bond motifs is 1. The fourth-order valence-corrected chi connectivity index (χ4v) is 1.82. The third kappa shape index (κ3) is 1.11. The summed E-state index contributed by atoms with van der Waals surface area (Å²) in [7, 11) is 2.91. The predicted octanol–water partition coefficient (Wildman–Crippen LogP) is -1.25. The molecule has 2 aromatic heterocycles. The fraction of sp³-hybridized carbons (Fsp3) is 0.444. The van der Waals surface area contributed by atoms with Crippen molar-refractivity contribution in [2.45, 2.75) is 13.5 Å². The molecule has 1 N–H and O–H groups in total. The summed E-state index contributed by atoms with van der Waals surface area (Å²) in [5, 5.41) is 0. The van der Waals surface area contributed by atoms with Crippen LogP contribution in [0.1, 0.15) is 6.92 Å². The molecule has 0 amide bonds. The minimum absolute atomic E-state index is 0.163. The second-order valence-electron chi connectivity index (χ2n) is 3.58. The molecule has 16 heavy (non-hydrogen) atoms. The maximum Gasteiger partial charge on any atom is 0.332 e.